The highest BCUT2D eigenvalue weighted by Crippen LogP contribution is 2.43. The molecule has 2 aliphatic heterocycles. The van der Waals surface area contributed by atoms with Crippen molar-refractivity contribution < 1.29 is 8.42 Å². The highest BCUT2D eigenvalue weighted by molar-refractivity contribution is 14.1. The van der Waals surface area contributed by atoms with Crippen molar-refractivity contribution in [2.75, 3.05) is 7.05 Å². The number of hydrogen-bond acceptors (Lipinski definition) is 7. The average molecular weight is 770 g/mol. The Morgan fingerprint density at radius 3 is 2.48 bits per heavy atom. The fraction of sp³-hybridized carbons (Fsp3) is 0.200. The van der Waals surface area contributed by atoms with E-state index in [0.717, 1.165) is 44.3 Å². The maximum Gasteiger partial charge on any atom is 0.270 e. The van der Waals surface area contributed by atoms with E-state index in [1.807, 2.05) is 55.4 Å². The van der Waals surface area contributed by atoms with Gasteiger partial charge in [0.05, 0.1) is 31.8 Å². The van der Waals surface area contributed by atoms with E-state index < -0.39 is 10.0 Å². The number of hydrazone groups is 1. The van der Waals surface area contributed by atoms with Crippen LogP contribution in [0.5, 0.6) is 0 Å². The zero-order valence-electron chi connectivity index (χ0n) is 26.9. The van der Waals surface area contributed by atoms with Crippen molar-refractivity contribution in [1.82, 2.24) is 33.3 Å². The first-order valence-corrected chi connectivity index (χ1v) is 17.9. The minimum atomic E-state index is -3.69. The second-order valence-electron chi connectivity index (χ2n) is 12.4. The van der Waals surface area contributed by atoms with Gasteiger partial charge in [-0.3, -0.25) is 9.69 Å². The molecule has 7 aromatic rings. The molecule has 2 aromatic carbocycles. The summed E-state index contributed by atoms with van der Waals surface area (Å²) in [6, 6.07) is 17.4. The molecule has 1 N–H and O–H groups in total. The summed E-state index contributed by atoms with van der Waals surface area (Å²) in [5, 5.41) is 12.8. The number of aromatic nitrogens is 6. The van der Waals surface area contributed by atoms with Crippen LogP contribution in [0.1, 0.15) is 22.7 Å². The first-order valence-electron chi connectivity index (χ1n) is 15.4. The number of nitrogens with one attached hydrogen (secondary N) is 1. The largest absolute Gasteiger partial charge is 0.350 e. The second kappa shape index (κ2) is 11.2. The van der Waals surface area contributed by atoms with Crippen LogP contribution in [-0.4, -0.2) is 61.2 Å². The summed E-state index contributed by atoms with van der Waals surface area (Å²) in [5.41, 5.74) is 8.43. The predicted molar refractivity (Wildman–Crippen MR) is 199 cm³/mol. The first kappa shape index (κ1) is 30.6. The highest BCUT2D eigenvalue weighted by Gasteiger charge is 2.38. The van der Waals surface area contributed by atoms with Crippen LogP contribution in [0.25, 0.3) is 44.1 Å². The number of fused-ring (bicyclic) bond motifs is 7. The Morgan fingerprint density at radius 2 is 1.69 bits per heavy atom. The zero-order chi connectivity index (χ0) is 33.5. The Labute approximate surface area is 290 Å². The number of H-pyrrole nitrogens is 1. The van der Waals surface area contributed by atoms with Gasteiger partial charge in [0.1, 0.15) is 0 Å². The molecule has 2 unspecified atom stereocenters. The molecule has 13 heteroatoms. The minimum Gasteiger partial charge on any atom is -0.350 e. The van der Waals surface area contributed by atoms with Crippen molar-refractivity contribution in [1.29, 1.82) is 0 Å². The maximum atomic E-state index is 13.1. The SMILES string of the molecule is Cc1ccc(S(=O)(=O)n2c(I)cc3c2N=CC2C=NN(C)C32)cc1.Cc1ccc2c(c1)c(-c1cc3c(ncc4c[nH]n(C)c43)n1)cn2C. The van der Waals surface area contributed by atoms with Crippen molar-refractivity contribution in [2.24, 2.45) is 30.1 Å². The molecule has 0 radical (unpaired) electrons. The van der Waals surface area contributed by atoms with Gasteiger partial charge in [0.15, 0.2) is 11.5 Å². The van der Waals surface area contributed by atoms with Gasteiger partial charge < -0.3 is 9.67 Å². The van der Waals surface area contributed by atoms with E-state index >= 15 is 0 Å². The monoisotopic (exact) mass is 769 g/mol. The van der Waals surface area contributed by atoms with Crippen molar-refractivity contribution in [3.8, 4) is 11.3 Å². The smallest absolute Gasteiger partial charge is 0.270 e. The number of halogens is 1. The van der Waals surface area contributed by atoms with Crippen LogP contribution in [0.2, 0.25) is 0 Å². The average Bonchev–Trinajstić information content (AvgIpc) is 3.87. The van der Waals surface area contributed by atoms with Crippen LogP contribution in [-0.2, 0) is 24.1 Å². The zero-order valence-corrected chi connectivity index (χ0v) is 29.9. The lowest BCUT2D eigenvalue weighted by Gasteiger charge is -2.25. The molecular weight excluding hydrogens is 737 g/mol. The second-order valence-corrected chi connectivity index (χ2v) is 15.3. The summed E-state index contributed by atoms with van der Waals surface area (Å²) >= 11 is 2.05. The van der Waals surface area contributed by atoms with Gasteiger partial charge in [-0.2, -0.15) is 5.10 Å². The van der Waals surface area contributed by atoms with Crippen LogP contribution in [0.15, 0.2) is 88.2 Å². The van der Waals surface area contributed by atoms with Crippen molar-refractivity contribution in [3.63, 3.8) is 0 Å². The number of nitrogens with zero attached hydrogens (tertiary/aromatic N) is 8. The molecule has 2 atom stereocenters. The Kier molecular flexibility index (Phi) is 7.11. The van der Waals surface area contributed by atoms with Gasteiger partial charge in [-0.05, 0) is 72.8 Å². The Balaban J connectivity index is 0.000000140. The molecule has 11 nitrogen and oxygen atoms in total. The van der Waals surface area contributed by atoms with E-state index in [9.17, 15) is 8.42 Å². The molecule has 0 saturated carbocycles. The van der Waals surface area contributed by atoms with Crippen molar-refractivity contribution >= 4 is 83.7 Å². The molecule has 9 rings (SSSR count). The standard InChI is InChI=1S/C19H17N5.C16H15IN4O2S/c1-11-4-5-17-13(6-11)15(10-23(17)2)16-7-14-18-12(9-21-24(18)3)8-20-19(14)22-16;1-10-3-5-12(6-4-10)24(22,23)21-14(17)7-13-15-11(8-18-16(13)21)9-19-20(15)2/h4-10,21H,1-3H3;3-9,11,15H,1-2H3. The van der Waals surface area contributed by atoms with Crippen LogP contribution in [0, 0.1) is 23.5 Å². The number of pyridine rings is 1. The molecule has 0 saturated heterocycles. The molecule has 242 valence electrons. The quantitative estimate of drug-likeness (QED) is 0.197. The number of aromatic amines is 1. The number of hydrogen-bond donors (Lipinski definition) is 1. The molecule has 0 fully saturated rings. The number of aliphatic imine (C=N–C) groups is 1. The van der Waals surface area contributed by atoms with Gasteiger partial charge in [-0.1, -0.05) is 29.3 Å². The summed E-state index contributed by atoms with van der Waals surface area (Å²) in [6.07, 6.45) is 9.61. The van der Waals surface area contributed by atoms with Gasteiger partial charge in [-0.15, -0.1) is 0 Å². The molecule has 0 aliphatic carbocycles. The third-order valence-corrected chi connectivity index (χ3v) is 12.0. The van der Waals surface area contributed by atoms with Gasteiger partial charge in [0, 0.05) is 85.0 Å². The van der Waals surface area contributed by atoms with Crippen LogP contribution in [0.3, 0.4) is 0 Å². The van der Waals surface area contributed by atoms with Gasteiger partial charge >= 0.3 is 0 Å². The molecule has 48 heavy (non-hydrogen) atoms. The minimum absolute atomic E-state index is 0.000448. The Bertz CT molecular complexity index is 2570. The van der Waals surface area contributed by atoms with Crippen molar-refractivity contribution in [3.05, 3.63) is 93.6 Å². The van der Waals surface area contributed by atoms with Gasteiger partial charge in [0.25, 0.3) is 10.0 Å². The van der Waals surface area contributed by atoms with Gasteiger partial charge in [-0.25, -0.2) is 27.4 Å². The fourth-order valence-corrected chi connectivity index (χ4v) is 9.41. The summed E-state index contributed by atoms with van der Waals surface area (Å²) in [5.74, 6) is 0.551. The van der Waals surface area contributed by atoms with Crippen LogP contribution < -0.4 is 0 Å². The van der Waals surface area contributed by atoms with E-state index in [-0.39, 0.29) is 16.9 Å². The maximum absolute atomic E-state index is 13.1. The third kappa shape index (κ3) is 4.78. The molecule has 0 spiro atoms. The van der Waals surface area contributed by atoms with E-state index in [4.69, 9.17) is 4.98 Å². The third-order valence-electron chi connectivity index (χ3n) is 9.13. The summed E-state index contributed by atoms with van der Waals surface area (Å²) in [4.78, 5) is 14.0. The molecule has 0 bridgehead atoms. The van der Waals surface area contributed by atoms with Gasteiger partial charge in [0.2, 0.25) is 0 Å². The highest BCUT2D eigenvalue weighted by atomic mass is 127. The number of aryl methyl sites for hydroxylation is 4. The van der Waals surface area contributed by atoms with Crippen LogP contribution >= 0.6 is 22.6 Å². The van der Waals surface area contributed by atoms with Crippen LogP contribution in [0.4, 0.5) is 5.82 Å². The normalized spacial score (nSPS) is 16.9. The Hall–Kier alpha value is -4.76. The first-order chi connectivity index (χ1) is 23.0. The molecule has 0 amide bonds. The Morgan fingerprint density at radius 1 is 0.917 bits per heavy atom. The lowest BCUT2D eigenvalue weighted by molar-refractivity contribution is 0.273. The molecular formula is C35H32IN9O2S. The lowest BCUT2D eigenvalue weighted by Crippen LogP contribution is -2.24. The van der Waals surface area contributed by atoms with E-state index in [0.29, 0.717) is 9.52 Å². The number of rotatable bonds is 3. The molecule has 5 aromatic heterocycles. The molecule has 2 aliphatic rings. The summed E-state index contributed by atoms with van der Waals surface area (Å²) < 4.78 is 32.3. The lowest BCUT2D eigenvalue weighted by atomic mass is 9.95. The van der Waals surface area contributed by atoms with E-state index in [1.165, 1.54) is 20.4 Å². The van der Waals surface area contributed by atoms with E-state index in [1.54, 1.807) is 30.5 Å². The summed E-state index contributed by atoms with van der Waals surface area (Å²) in [6.45, 7) is 4.05. The van der Waals surface area contributed by atoms with Crippen molar-refractivity contribution in [2.45, 2.75) is 24.8 Å². The predicted octanol–water partition coefficient (Wildman–Crippen LogP) is 6.86. The number of benzene rings is 2. The topological polar surface area (TPSA) is 118 Å². The van der Waals surface area contributed by atoms with E-state index in [2.05, 4.69) is 91.8 Å². The molecule has 7 heterocycles. The summed E-state index contributed by atoms with van der Waals surface area (Å²) in [7, 11) is 2.28. The fourth-order valence-electron chi connectivity index (χ4n) is 6.72.